The summed E-state index contributed by atoms with van der Waals surface area (Å²) in [6.07, 6.45) is 5.37. The van der Waals surface area contributed by atoms with Crippen LogP contribution in [0.15, 0.2) is 57.8 Å². The van der Waals surface area contributed by atoms with Crippen molar-refractivity contribution in [3.63, 3.8) is 0 Å². The number of aromatic nitrogens is 1. The summed E-state index contributed by atoms with van der Waals surface area (Å²) in [6, 6.07) is 12.0. The Morgan fingerprint density at radius 2 is 1.87 bits per heavy atom. The summed E-state index contributed by atoms with van der Waals surface area (Å²) in [4.78, 5) is 0.220. The molecule has 0 fully saturated rings. The van der Waals surface area contributed by atoms with Crippen molar-refractivity contribution in [2.75, 3.05) is 0 Å². The van der Waals surface area contributed by atoms with E-state index in [0.29, 0.717) is 0 Å². The van der Waals surface area contributed by atoms with E-state index < -0.39 is 15.8 Å². The predicted molar refractivity (Wildman–Crippen MR) is 87.8 cm³/mol. The number of nitrogens with zero attached hydrogens (tertiary/aromatic N) is 2. The van der Waals surface area contributed by atoms with E-state index in [1.54, 1.807) is 4.57 Å². The van der Waals surface area contributed by atoms with E-state index in [1.807, 2.05) is 24.3 Å². The second kappa shape index (κ2) is 5.99. The normalized spacial score (nSPS) is 12.4. The summed E-state index contributed by atoms with van der Waals surface area (Å²) in [5.41, 5.74) is 0.823. The molecule has 2 aromatic carbocycles. The molecule has 0 aliphatic heterocycles. The van der Waals surface area contributed by atoms with Crippen LogP contribution < -0.4 is 4.80 Å². The maximum atomic E-state index is 13.0. The molecule has 0 radical (unpaired) electrons. The molecule has 3 rings (SSSR count). The van der Waals surface area contributed by atoms with E-state index in [1.165, 1.54) is 23.5 Å². The third-order valence-electron chi connectivity index (χ3n) is 3.15. The van der Waals surface area contributed by atoms with Gasteiger partial charge >= 0.3 is 0 Å². The molecule has 0 aliphatic carbocycles. The Balaban J connectivity index is 2.22. The first-order chi connectivity index (χ1) is 11.0. The number of rotatable bonds is 3. The van der Waals surface area contributed by atoms with Crippen molar-refractivity contribution in [2.24, 2.45) is 4.40 Å². The van der Waals surface area contributed by atoms with Crippen LogP contribution in [0.4, 0.5) is 4.39 Å². The first-order valence-electron chi connectivity index (χ1n) is 6.60. The number of sulfonamides is 1. The van der Waals surface area contributed by atoms with Gasteiger partial charge in [-0.15, -0.1) is 10.8 Å². The number of benzene rings is 2. The Bertz CT molecular complexity index is 1070. The standard InChI is InChI=1S/C16H11FN2O2S2/c1-2-11-19-14-5-3-4-6-15(14)22-16(19)18-23(20,21)13-9-7-12(17)8-10-13/h1,3-10H,11H2/b18-16-. The summed E-state index contributed by atoms with van der Waals surface area (Å²) in [5.74, 6) is 1.99. The molecule has 1 heterocycles. The van der Waals surface area contributed by atoms with Crippen LogP contribution in [-0.2, 0) is 16.6 Å². The number of hydrogen-bond donors (Lipinski definition) is 0. The minimum absolute atomic E-state index is 0.0661. The highest BCUT2D eigenvalue weighted by molar-refractivity contribution is 7.90. The van der Waals surface area contributed by atoms with E-state index in [4.69, 9.17) is 6.42 Å². The smallest absolute Gasteiger partial charge is 0.285 e. The van der Waals surface area contributed by atoms with Crippen molar-refractivity contribution >= 4 is 31.6 Å². The van der Waals surface area contributed by atoms with Gasteiger partial charge in [-0.2, -0.15) is 8.42 Å². The SMILES string of the molecule is C#CCn1/c(=N/S(=O)(=O)c2ccc(F)cc2)sc2ccccc21. The maximum absolute atomic E-state index is 13.0. The van der Waals surface area contributed by atoms with Gasteiger partial charge in [-0.05, 0) is 36.4 Å². The lowest BCUT2D eigenvalue weighted by Gasteiger charge is -2.00. The molecule has 23 heavy (non-hydrogen) atoms. The Labute approximate surface area is 136 Å². The van der Waals surface area contributed by atoms with Crippen molar-refractivity contribution in [3.8, 4) is 12.3 Å². The molecule has 4 nitrogen and oxygen atoms in total. The van der Waals surface area contributed by atoms with Gasteiger partial charge in [0, 0.05) is 0 Å². The van der Waals surface area contributed by atoms with E-state index in [2.05, 4.69) is 10.3 Å². The minimum Gasteiger partial charge on any atom is -0.304 e. The number of halogens is 1. The lowest BCUT2D eigenvalue weighted by molar-refractivity contribution is 0.594. The molecule has 116 valence electrons. The van der Waals surface area contributed by atoms with Crippen LogP contribution in [-0.4, -0.2) is 13.0 Å². The monoisotopic (exact) mass is 346 g/mol. The van der Waals surface area contributed by atoms with Crippen molar-refractivity contribution in [2.45, 2.75) is 11.4 Å². The third-order valence-corrected chi connectivity index (χ3v) is 5.60. The maximum Gasteiger partial charge on any atom is 0.285 e. The second-order valence-electron chi connectivity index (χ2n) is 4.66. The van der Waals surface area contributed by atoms with Gasteiger partial charge in [0.05, 0.1) is 21.7 Å². The Morgan fingerprint density at radius 3 is 2.57 bits per heavy atom. The molecular weight excluding hydrogens is 335 g/mol. The van der Waals surface area contributed by atoms with E-state index in [-0.39, 0.29) is 16.2 Å². The van der Waals surface area contributed by atoms with Gasteiger partial charge in [0.25, 0.3) is 10.0 Å². The lowest BCUT2D eigenvalue weighted by atomic mass is 10.3. The summed E-state index contributed by atoms with van der Waals surface area (Å²) in [5, 5.41) is 0. The highest BCUT2D eigenvalue weighted by atomic mass is 32.2. The van der Waals surface area contributed by atoms with Gasteiger partial charge in [0.2, 0.25) is 4.80 Å². The number of fused-ring (bicyclic) bond motifs is 1. The summed E-state index contributed by atoms with van der Waals surface area (Å²) in [6.45, 7) is 0.210. The molecule has 0 saturated heterocycles. The molecular formula is C16H11FN2O2S2. The molecule has 0 spiro atoms. The van der Waals surface area contributed by atoms with Gasteiger partial charge in [-0.1, -0.05) is 29.4 Å². The van der Waals surface area contributed by atoms with E-state index >= 15 is 0 Å². The Morgan fingerprint density at radius 1 is 1.17 bits per heavy atom. The predicted octanol–water partition coefficient (Wildman–Crippen LogP) is 2.76. The van der Waals surface area contributed by atoms with Crippen molar-refractivity contribution in [1.82, 2.24) is 4.57 Å². The Hall–Kier alpha value is -2.43. The first kappa shape index (κ1) is 15.5. The van der Waals surface area contributed by atoms with Gasteiger partial charge in [-0.3, -0.25) is 0 Å². The largest absolute Gasteiger partial charge is 0.304 e. The zero-order valence-electron chi connectivity index (χ0n) is 11.8. The fourth-order valence-electron chi connectivity index (χ4n) is 2.10. The Kier molecular flexibility index (Phi) is 4.03. The molecule has 0 atom stereocenters. The summed E-state index contributed by atoms with van der Waals surface area (Å²) >= 11 is 1.24. The zero-order valence-corrected chi connectivity index (χ0v) is 13.4. The molecule has 0 N–H and O–H groups in total. The van der Waals surface area contributed by atoms with Crippen LogP contribution in [0.5, 0.6) is 0 Å². The van der Waals surface area contributed by atoms with Gasteiger partial charge < -0.3 is 4.57 Å². The summed E-state index contributed by atoms with van der Waals surface area (Å²) in [7, 11) is -3.94. The van der Waals surface area contributed by atoms with Crippen molar-refractivity contribution < 1.29 is 12.8 Å². The van der Waals surface area contributed by atoms with Gasteiger partial charge in [-0.25, -0.2) is 4.39 Å². The highest BCUT2D eigenvalue weighted by Crippen LogP contribution is 2.18. The highest BCUT2D eigenvalue weighted by Gasteiger charge is 2.14. The fourth-order valence-corrected chi connectivity index (χ4v) is 4.33. The molecule has 0 amide bonds. The number of hydrogen-bond acceptors (Lipinski definition) is 3. The number of para-hydroxylation sites is 1. The van der Waals surface area contributed by atoms with Crippen LogP contribution in [0.1, 0.15) is 0 Å². The van der Waals surface area contributed by atoms with Crippen LogP contribution in [0.25, 0.3) is 10.2 Å². The molecule has 0 saturated carbocycles. The molecule has 0 bridgehead atoms. The van der Waals surface area contributed by atoms with Gasteiger partial charge in [0.15, 0.2) is 0 Å². The fraction of sp³-hybridized carbons (Fsp3) is 0.0625. The lowest BCUT2D eigenvalue weighted by Crippen LogP contribution is -2.16. The third kappa shape index (κ3) is 3.04. The van der Waals surface area contributed by atoms with E-state index in [9.17, 15) is 12.8 Å². The molecule has 0 unspecified atom stereocenters. The molecule has 0 aliphatic rings. The second-order valence-corrected chi connectivity index (χ2v) is 7.28. The van der Waals surface area contributed by atoms with Gasteiger partial charge in [0.1, 0.15) is 5.82 Å². The van der Waals surface area contributed by atoms with Crippen molar-refractivity contribution in [3.05, 3.63) is 59.1 Å². The van der Waals surface area contributed by atoms with E-state index in [0.717, 1.165) is 22.3 Å². The molecule has 1 aromatic heterocycles. The molecule has 7 heteroatoms. The van der Waals surface area contributed by atoms with Crippen LogP contribution in [0.2, 0.25) is 0 Å². The average Bonchev–Trinajstić information content (AvgIpc) is 2.85. The average molecular weight is 346 g/mol. The van der Waals surface area contributed by atoms with Crippen LogP contribution in [0, 0.1) is 18.2 Å². The zero-order chi connectivity index (χ0) is 16.4. The quantitative estimate of drug-likeness (QED) is 0.685. The number of thiazole rings is 1. The molecule has 3 aromatic rings. The van der Waals surface area contributed by atoms with Crippen LogP contribution in [0.3, 0.4) is 0 Å². The first-order valence-corrected chi connectivity index (χ1v) is 8.85. The number of terminal acetylenes is 1. The van der Waals surface area contributed by atoms with Crippen LogP contribution >= 0.6 is 11.3 Å². The van der Waals surface area contributed by atoms with Crippen molar-refractivity contribution in [1.29, 1.82) is 0 Å². The summed E-state index contributed by atoms with van der Waals surface area (Å²) < 4.78 is 44.2. The minimum atomic E-state index is -3.94. The topological polar surface area (TPSA) is 51.4 Å².